The molecule has 0 atom stereocenters. The average Bonchev–Trinajstić information content (AvgIpc) is 2.50. The number of halogens is 1. The van der Waals surface area contributed by atoms with Crippen LogP contribution < -0.4 is 10.2 Å². The van der Waals surface area contributed by atoms with Crippen molar-refractivity contribution in [2.45, 2.75) is 6.92 Å². The Morgan fingerprint density at radius 3 is 2.86 bits per heavy atom. The van der Waals surface area contributed by atoms with E-state index in [1.54, 1.807) is 30.5 Å². The number of carboxylic acids is 1. The van der Waals surface area contributed by atoms with E-state index in [0.29, 0.717) is 16.3 Å². The van der Waals surface area contributed by atoms with E-state index in [0.717, 1.165) is 11.3 Å². The van der Waals surface area contributed by atoms with Crippen LogP contribution in [0.5, 0.6) is 5.75 Å². The lowest BCUT2D eigenvalue weighted by atomic mass is 10.2. The van der Waals surface area contributed by atoms with Gasteiger partial charge in [-0.1, -0.05) is 29.8 Å². The van der Waals surface area contributed by atoms with Gasteiger partial charge in [-0.05, 0) is 36.8 Å². The van der Waals surface area contributed by atoms with E-state index in [2.05, 4.69) is 10.5 Å². The SMILES string of the molecule is Cc1ccc(N/N=C/c2ccccc2OCC(=O)O)cc1Cl. The van der Waals surface area contributed by atoms with Crippen LogP contribution in [-0.4, -0.2) is 23.9 Å². The Kier molecular flexibility index (Phi) is 5.38. The second-order valence-electron chi connectivity index (χ2n) is 4.55. The van der Waals surface area contributed by atoms with Gasteiger partial charge < -0.3 is 9.84 Å². The molecule has 0 saturated carbocycles. The Morgan fingerprint density at radius 2 is 2.14 bits per heavy atom. The second kappa shape index (κ2) is 7.47. The molecule has 0 aliphatic rings. The van der Waals surface area contributed by atoms with E-state index in [-0.39, 0.29) is 0 Å². The zero-order valence-electron chi connectivity index (χ0n) is 11.9. The molecule has 0 bridgehead atoms. The van der Waals surface area contributed by atoms with Crippen LogP contribution in [0.1, 0.15) is 11.1 Å². The molecule has 0 radical (unpaired) electrons. The number of carboxylic acid groups (broad SMARTS) is 1. The van der Waals surface area contributed by atoms with Gasteiger partial charge in [0.15, 0.2) is 6.61 Å². The van der Waals surface area contributed by atoms with Crippen LogP contribution in [0.3, 0.4) is 0 Å². The van der Waals surface area contributed by atoms with Crippen LogP contribution >= 0.6 is 11.6 Å². The van der Waals surface area contributed by atoms with Gasteiger partial charge in [0.05, 0.1) is 11.9 Å². The normalized spacial score (nSPS) is 10.6. The van der Waals surface area contributed by atoms with Gasteiger partial charge in [0.1, 0.15) is 5.75 Å². The van der Waals surface area contributed by atoms with Crippen molar-refractivity contribution in [1.29, 1.82) is 0 Å². The summed E-state index contributed by atoms with van der Waals surface area (Å²) in [4.78, 5) is 10.6. The van der Waals surface area contributed by atoms with Gasteiger partial charge in [-0.3, -0.25) is 5.43 Å². The van der Waals surface area contributed by atoms with Crippen LogP contribution in [0.25, 0.3) is 0 Å². The third kappa shape index (κ3) is 4.49. The number of aryl methyl sites for hydroxylation is 1. The van der Waals surface area contributed by atoms with E-state index in [9.17, 15) is 4.79 Å². The van der Waals surface area contributed by atoms with Crippen molar-refractivity contribution >= 4 is 29.5 Å². The van der Waals surface area contributed by atoms with Crippen molar-refractivity contribution in [2.24, 2.45) is 5.10 Å². The summed E-state index contributed by atoms with van der Waals surface area (Å²) < 4.78 is 5.20. The summed E-state index contributed by atoms with van der Waals surface area (Å²) in [5, 5.41) is 13.4. The standard InChI is InChI=1S/C16H15ClN2O3/c1-11-6-7-13(8-14(11)17)19-18-9-12-4-2-3-5-15(12)22-10-16(20)21/h2-9,19H,10H2,1H3,(H,20,21)/b18-9+. The zero-order valence-corrected chi connectivity index (χ0v) is 12.7. The predicted octanol–water partition coefficient (Wildman–Crippen LogP) is 3.56. The van der Waals surface area contributed by atoms with Crippen LogP contribution in [0.15, 0.2) is 47.6 Å². The molecule has 0 unspecified atom stereocenters. The zero-order chi connectivity index (χ0) is 15.9. The fourth-order valence-corrected chi connectivity index (χ4v) is 1.88. The summed E-state index contributed by atoms with van der Waals surface area (Å²) in [5.41, 5.74) is 5.29. The van der Waals surface area contributed by atoms with E-state index in [1.165, 1.54) is 0 Å². The molecule has 22 heavy (non-hydrogen) atoms. The Labute approximate surface area is 133 Å². The minimum absolute atomic E-state index is 0.397. The van der Waals surface area contributed by atoms with Crippen LogP contribution in [-0.2, 0) is 4.79 Å². The van der Waals surface area contributed by atoms with Gasteiger partial charge in [0, 0.05) is 10.6 Å². The first-order chi connectivity index (χ1) is 10.6. The average molecular weight is 319 g/mol. The van der Waals surface area contributed by atoms with E-state index < -0.39 is 12.6 Å². The number of benzene rings is 2. The highest BCUT2D eigenvalue weighted by molar-refractivity contribution is 6.31. The first-order valence-electron chi connectivity index (χ1n) is 6.55. The van der Waals surface area contributed by atoms with Gasteiger partial charge in [0.25, 0.3) is 0 Å². The molecule has 2 rings (SSSR count). The van der Waals surface area contributed by atoms with Crippen molar-refractivity contribution in [3.63, 3.8) is 0 Å². The third-order valence-corrected chi connectivity index (χ3v) is 3.25. The van der Waals surface area contributed by atoms with Crippen molar-refractivity contribution < 1.29 is 14.6 Å². The Bertz CT molecular complexity index is 702. The Hall–Kier alpha value is -2.53. The number of anilines is 1. The molecule has 114 valence electrons. The highest BCUT2D eigenvalue weighted by Crippen LogP contribution is 2.20. The molecular formula is C16H15ClN2O3. The van der Waals surface area contributed by atoms with Gasteiger partial charge in [-0.15, -0.1) is 0 Å². The lowest BCUT2D eigenvalue weighted by Gasteiger charge is -2.06. The van der Waals surface area contributed by atoms with E-state index in [1.807, 2.05) is 25.1 Å². The maximum absolute atomic E-state index is 10.6. The topological polar surface area (TPSA) is 70.9 Å². The van der Waals surface area contributed by atoms with Gasteiger partial charge in [-0.25, -0.2) is 4.79 Å². The maximum Gasteiger partial charge on any atom is 0.341 e. The number of hydrogen-bond acceptors (Lipinski definition) is 4. The number of nitrogens with one attached hydrogen (secondary N) is 1. The summed E-state index contributed by atoms with van der Waals surface area (Å²) in [6.07, 6.45) is 1.56. The van der Waals surface area contributed by atoms with Crippen molar-refractivity contribution in [2.75, 3.05) is 12.0 Å². The van der Waals surface area contributed by atoms with Gasteiger partial charge in [-0.2, -0.15) is 5.10 Å². The molecular weight excluding hydrogens is 304 g/mol. The van der Waals surface area contributed by atoms with E-state index in [4.69, 9.17) is 21.4 Å². The Morgan fingerprint density at radius 1 is 1.36 bits per heavy atom. The number of aliphatic carboxylic acids is 1. The first kappa shape index (κ1) is 15.9. The first-order valence-corrected chi connectivity index (χ1v) is 6.93. The molecule has 0 aliphatic carbocycles. The minimum atomic E-state index is -1.03. The van der Waals surface area contributed by atoms with Crippen LogP contribution in [0.4, 0.5) is 5.69 Å². The van der Waals surface area contributed by atoms with Crippen molar-refractivity contribution in [3.05, 3.63) is 58.6 Å². The molecule has 5 nitrogen and oxygen atoms in total. The summed E-state index contributed by atoms with van der Waals surface area (Å²) in [5.74, 6) is -0.573. The highest BCUT2D eigenvalue weighted by Gasteiger charge is 2.03. The monoisotopic (exact) mass is 318 g/mol. The molecule has 0 amide bonds. The molecule has 6 heteroatoms. The van der Waals surface area contributed by atoms with Crippen LogP contribution in [0.2, 0.25) is 5.02 Å². The van der Waals surface area contributed by atoms with Crippen molar-refractivity contribution in [3.8, 4) is 5.75 Å². The number of nitrogens with zero attached hydrogens (tertiary/aromatic N) is 1. The molecule has 0 spiro atoms. The summed E-state index contributed by atoms with van der Waals surface area (Å²) in [6, 6.07) is 12.6. The molecule has 0 aromatic heterocycles. The predicted molar refractivity (Wildman–Crippen MR) is 87.0 cm³/mol. The van der Waals surface area contributed by atoms with Crippen molar-refractivity contribution in [1.82, 2.24) is 0 Å². The van der Waals surface area contributed by atoms with Gasteiger partial charge in [0.2, 0.25) is 0 Å². The molecule has 0 fully saturated rings. The fourth-order valence-electron chi connectivity index (χ4n) is 1.70. The van der Waals surface area contributed by atoms with Crippen LogP contribution in [0, 0.1) is 6.92 Å². The third-order valence-electron chi connectivity index (χ3n) is 2.84. The number of hydrogen-bond donors (Lipinski definition) is 2. The minimum Gasteiger partial charge on any atom is -0.481 e. The lowest BCUT2D eigenvalue weighted by Crippen LogP contribution is -2.10. The fraction of sp³-hybridized carbons (Fsp3) is 0.125. The molecule has 2 N–H and O–H groups in total. The smallest absolute Gasteiger partial charge is 0.341 e. The number of ether oxygens (including phenoxy) is 1. The Balaban J connectivity index is 2.06. The molecule has 0 aliphatic heterocycles. The molecule has 2 aromatic carbocycles. The summed E-state index contributed by atoms with van der Waals surface area (Å²) >= 11 is 6.04. The molecule has 2 aromatic rings. The largest absolute Gasteiger partial charge is 0.481 e. The van der Waals surface area contributed by atoms with Gasteiger partial charge >= 0.3 is 5.97 Å². The molecule has 0 heterocycles. The lowest BCUT2D eigenvalue weighted by molar-refractivity contribution is -0.139. The van der Waals surface area contributed by atoms with E-state index >= 15 is 0 Å². The second-order valence-corrected chi connectivity index (χ2v) is 4.96. The summed E-state index contributed by atoms with van der Waals surface area (Å²) in [7, 11) is 0. The quantitative estimate of drug-likeness (QED) is 0.631. The molecule has 0 saturated heterocycles. The number of para-hydroxylation sites is 1. The summed E-state index contributed by atoms with van der Waals surface area (Å²) in [6.45, 7) is 1.53. The highest BCUT2D eigenvalue weighted by atomic mass is 35.5. The number of hydrazone groups is 1. The maximum atomic E-state index is 10.6. The number of rotatable bonds is 6. The number of carbonyl (C=O) groups is 1.